The molecule has 2 aliphatic carbocycles. The van der Waals surface area contributed by atoms with E-state index in [2.05, 4.69) is 53.0 Å². The topological polar surface area (TPSA) is 326 Å². The molecule has 3 aromatic rings. The van der Waals surface area contributed by atoms with Crippen molar-refractivity contribution in [1.82, 2.24) is 51.7 Å². The largest absolute Gasteiger partial charge is 0.480 e. The molecule has 2 aliphatic heterocycles. The van der Waals surface area contributed by atoms with E-state index in [9.17, 15) is 43.2 Å². The molecular weight excluding hydrogens is 1060 g/mol. The van der Waals surface area contributed by atoms with E-state index >= 15 is 4.39 Å². The van der Waals surface area contributed by atoms with Crippen LogP contribution in [0.15, 0.2) is 41.4 Å². The van der Waals surface area contributed by atoms with Gasteiger partial charge in [-0.15, -0.1) is 9.24 Å². The minimum atomic E-state index is -0.822. The first-order valence-electron chi connectivity index (χ1n) is 26.2. The van der Waals surface area contributed by atoms with Crippen LogP contribution >= 0.6 is 9.24 Å². The Kier molecular flexibility index (Phi) is 31.2. The van der Waals surface area contributed by atoms with Crippen LogP contribution in [0.5, 0.6) is 0 Å². The van der Waals surface area contributed by atoms with Crippen LogP contribution in [0.25, 0.3) is 22.3 Å². The van der Waals surface area contributed by atoms with E-state index in [-0.39, 0.29) is 91.9 Å². The van der Waals surface area contributed by atoms with E-state index in [0.29, 0.717) is 91.1 Å². The van der Waals surface area contributed by atoms with Crippen LogP contribution in [0, 0.1) is 18.7 Å². The Hall–Kier alpha value is -7.11. The number of carbonyl (C=O) groups excluding carboxylic acids is 8. The summed E-state index contributed by atoms with van der Waals surface area (Å²) in [7, 11) is 8.49. The number of amides is 6. The number of nitrogens with one attached hydrogen (secondary N) is 7. The van der Waals surface area contributed by atoms with Gasteiger partial charge in [-0.1, -0.05) is 26.8 Å². The predicted molar refractivity (Wildman–Crippen MR) is 304 cm³/mol. The molecular formula is C55H80FN10O13P. The Bertz CT molecular complexity index is 2720. The number of carbonyl (C=O) groups is 9. The summed E-state index contributed by atoms with van der Waals surface area (Å²) in [6.45, 7) is 11.9. The monoisotopic (exact) mass is 1140 g/mol. The predicted octanol–water partition coefficient (Wildman–Crippen LogP) is 1.22. The maximum atomic E-state index is 15.3. The molecule has 0 radical (unpaired) electrons. The van der Waals surface area contributed by atoms with E-state index in [4.69, 9.17) is 24.7 Å². The van der Waals surface area contributed by atoms with Crippen molar-refractivity contribution in [2.24, 2.45) is 5.92 Å². The van der Waals surface area contributed by atoms with Crippen LogP contribution in [0.2, 0.25) is 0 Å². The smallest absolute Gasteiger partial charge is 0.317 e. The fraction of sp³-hybridized carbons (Fsp3) is 0.509. The number of aldehydes is 2. The fourth-order valence-corrected chi connectivity index (χ4v) is 9.21. The summed E-state index contributed by atoms with van der Waals surface area (Å²) in [5.74, 6) is -2.16. The van der Waals surface area contributed by atoms with Gasteiger partial charge in [-0.2, -0.15) is 0 Å². The molecule has 0 bridgehead atoms. The summed E-state index contributed by atoms with van der Waals surface area (Å²) >= 11 is 0. The lowest BCUT2D eigenvalue weighted by atomic mass is 9.75. The number of hydrogen-bond acceptors (Lipinski definition) is 15. The molecule has 1 aromatic carbocycles. The van der Waals surface area contributed by atoms with Gasteiger partial charge >= 0.3 is 5.97 Å². The molecule has 0 spiro atoms. The van der Waals surface area contributed by atoms with Gasteiger partial charge in [0.25, 0.3) is 11.5 Å². The maximum absolute atomic E-state index is 15.3. The second-order valence-electron chi connectivity index (χ2n) is 18.6. The molecule has 6 amide bonds. The van der Waals surface area contributed by atoms with Gasteiger partial charge in [0.15, 0.2) is 0 Å². The molecule has 4 aliphatic rings. The lowest BCUT2D eigenvalue weighted by Crippen LogP contribution is -2.38. The normalized spacial score (nSPS) is 15.0. The Morgan fingerprint density at radius 2 is 1.61 bits per heavy atom. The first kappa shape index (κ1) is 69.0. The highest BCUT2D eigenvalue weighted by molar-refractivity contribution is 7.16. The molecule has 0 saturated heterocycles. The van der Waals surface area contributed by atoms with Crippen molar-refractivity contribution in [3.05, 3.63) is 86.1 Å². The minimum absolute atomic E-state index is 0.0102. The van der Waals surface area contributed by atoms with Gasteiger partial charge in [0.2, 0.25) is 30.5 Å². The maximum Gasteiger partial charge on any atom is 0.317 e. The minimum Gasteiger partial charge on any atom is -0.480 e. The molecule has 1 fully saturated rings. The number of aromatic nitrogens is 2. The van der Waals surface area contributed by atoms with Gasteiger partial charge in [0, 0.05) is 66.4 Å². The number of halogens is 1. The van der Waals surface area contributed by atoms with Gasteiger partial charge in [0.05, 0.1) is 55.7 Å². The second-order valence-corrected chi connectivity index (χ2v) is 19.1. The molecule has 5 atom stereocenters. The van der Waals surface area contributed by atoms with Crippen LogP contribution in [0.1, 0.15) is 98.1 Å². The number of nitrogens with zero attached hydrogens (tertiary/aromatic N) is 3. The van der Waals surface area contributed by atoms with Crippen molar-refractivity contribution >= 4 is 75.1 Å². The van der Waals surface area contributed by atoms with Crippen molar-refractivity contribution in [1.29, 1.82) is 0 Å². The first-order valence-corrected chi connectivity index (χ1v) is 27.0. The zero-order valence-electron chi connectivity index (χ0n) is 47.0. The van der Waals surface area contributed by atoms with Crippen LogP contribution < -0.4 is 42.8 Å². The zero-order valence-corrected chi connectivity index (χ0v) is 48.2. The number of aryl methyl sites for hydroxylation is 1. The van der Waals surface area contributed by atoms with Crippen LogP contribution in [-0.2, 0) is 67.3 Å². The van der Waals surface area contributed by atoms with Crippen molar-refractivity contribution in [3.63, 3.8) is 0 Å². The van der Waals surface area contributed by atoms with Gasteiger partial charge in [-0.3, -0.25) is 38.4 Å². The highest BCUT2D eigenvalue weighted by atomic mass is 31.0. The van der Waals surface area contributed by atoms with E-state index in [0.717, 1.165) is 72.9 Å². The summed E-state index contributed by atoms with van der Waals surface area (Å²) < 4.78 is 23.4. The van der Waals surface area contributed by atoms with Gasteiger partial charge in [-0.25, -0.2) is 9.37 Å². The number of likely N-dealkylation sites (N-methyl/N-ethyl adjacent to an activating group) is 2. The van der Waals surface area contributed by atoms with Gasteiger partial charge in [-0.05, 0) is 113 Å². The van der Waals surface area contributed by atoms with Crippen LogP contribution in [0.3, 0.4) is 0 Å². The fourth-order valence-electron chi connectivity index (χ4n) is 9.09. The number of aliphatic hydroxyl groups excluding tert-OH is 1. The lowest BCUT2D eigenvalue weighted by Gasteiger charge is -2.34. The molecule has 25 heteroatoms. The molecule has 80 heavy (non-hydrogen) atoms. The third-order valence-electron chi connectivity index (χ3n) is 13.0. The molecule has 2 aromatic heterocycles. The number of fused-ring (bicyclic) bond motifs is 4. The van der Waals surface area contributed by atoms with Crippen LogP contribution in [-0.4, -0.2) is 166 Å². The SMILES string of the molecule is C=C1C=CC(=O)N1CC(=O)NCC=O.CCCc1c(C(C=O)CC)cc2n(c1=O)Cc1c-2nc2cc(F)c(C)c3c2c1C(C(OCNC(=O)CNC=O)C1CC1)CC3.CNC=O.CNCC(=O)NC(C)CP.CNCC(=O)O.CO. The summed E-state index contributed by atoms with van der Waals surface area (Å²) in [5.41, 5.74) is 7.32. The van der Waals surface area contributed by atoms with Crippen LogP contribution in [0.4, 0.5) is 4.39 Å². The van der Waals surface area contributed by atoms with E-state index in [1.165, 1.54) is 23.1 Å². The average molecular weight is 1140 g/mol. The molecule has 7 rings (SSSR count). The summed E-state index contributed by atoms with van der Waals surface area (Å²) in [5, 5.41) is 33.5. The number of pyridine rings is 2. The van der Waals surface area contributed by atoms with E-state index < -0.39 is 5.97 Å². The summed E-state index contributed by atoms with van der Waals surface area (Å²) in [4.78, 5) is 117. The Morgan fingerprint density at radius 1 is 0.938 bits per heavy atom. The highest BCUT2D eigenvalue weighted by Crippen LogP contribution is 2.51. The number of benzene rings is 1. The third kappa shape index (κ3) is 19.9. The van der Waals surface area contributed by atoms with Gasteiger partial charge < -0.3 is 71.2 Å². The number of allylic oxidation sites excluding steroid dienone is 1. The van der Waals surface area contributed by atoms with Crippen molar-refractivity contribution < 1.29 is 62.5 Å². The number of aliphatic hydroxyl groups is 1. The number of ether oxygens (including phenoxy) is 1. The Balaban J connectivity index is 0.000000492. The molecule has 1 saturated carbocycles. The molecule has 9 N–H and O–H groups in total. The molecule has 4 heterocycles. The zero-order chi connectivity index (χ0) is 60.1. The molecule has 440 valence electrons. The molecule has 5 unspecified atom stereocenters. The lowest BCUT2D eigenvalue weighted by molar-refractivity contribution is -0.136. The number of rotatable bonds is 24. The number of carboxylic acids is 1. The quantitative estimate of drug-likeness (QED) is 0.0271. The number of hydrogen-bond donors (Lipinski definition) is 9. The van der Waals surface area contributed by atoms with Crippen molar-refractivity contribution in [2.75, 3.05) is 73.9 Å². The van der Waals surface area contributed by atoms with E-state index in [1.54, 1.807) is 25.7 Å². The Labute approximate surface area is 468 Å². The average Bonchev–Trinajstić information content (AvgIpc) is 4.24. The van der Waals surface area contributed by atoms with E-state index in [1.807, 2.05) is 33.8 Å². The van der Waals surface area contributed by atoms with Crippen molar-refractivity contribution in [2.45, 2.75) is 103 Å². The highest BCUT2D eigenvalue weighted by Gasteiger charge is 2.43. The number of aliphatic carboxylic acids is 1. The number of carboxylic acid groups (broad SMARTS) is 1. The Morgan fingerprint density at radius 3 is 2.12 bits per heavy atom. The molecule has 23 nitrogen and oxygen atoms in total. The van der Waals surface area contributed by atoms with Gasteiger partial charge in [0.1, 0.15) is 31.7 Å². The first-order chi connectivity index (χ1) is 38.4. The summed E-state index contributed by atoms with van der Waals surface area (Å²) in [6, 6.07) is 3.72. The van der Waals surface area contributed by atoms with Crippen molar-refractivity contribution in [3.8, 4) is 11.4 Å². The summed E-state index contributed by atoms with van der Waals surface area (Å²) in [6.07, 6.45) is 11.6. The second kappa shape index (κ2) is 36.2. The standard InChI is InChI=1S/C34H39FN4O5.C9H10N2O3.C6H15N2OP.C3H7NO2.C2H5NO.CH4O/c1-4-6-22-24(19(5-2)15-40)11-28-32-25(14-39(28)34(22)43)30-23(10-9-21-18(3)26(35)12-27(38-32)31(21)30)33(20-7-8-20)44-17-37-29(42)13-36-16-41;1-7-2-3-9(14)11(7)6-8(13)10-4-5-12;1-5(4-10)8-6(9)3-7-2;1-4-2-3(5)6;1-3-2-4;1-2/h11-12,15-16,19-20,23,33H,4-10,13-14,17H2,1-3H3,(H,36,41)(H,37,42);2-3,5H,1,4,6H2,(H,10,13);5,7H,3-4,10H2,1-2H3,(H,8,9);4H,2H2,1H3,(H,5,6);2H,1H3,(H,3,4);2H,1H3. The third-order valence-corrected chi connectivity index (χ3v) is 13.7.